The van der Waals surface area contributed by atoms with Crippen LogP contribution in [0, 0.1) is 11.3 Å². The summed E-state index contributed by atoms with van der Waals surface area (Å²) >= 11 is 6.14. The smallest absolute Gasteiger partial charge is 0.132 e. The summed E-state index contributed by atoms with van der Waals surface area (Å²) in [6.07, 6.45) is 2.09. The lowest BCUT2D eigenvalue weighted by Crippen LogP contribution is -2.12. The Hall–Kier alpha value is -1.89. The van der Waals surface area contributed by atoms with Crippen molar-refractivity contribution in [3.63, 3.8) is 0 Å². The Labute approximate surface area is 123 Å². The highest BCUT2D eigenvalue weighted by atomic mass is 35.5. The minimum atomic E-state index is -0.356. The van der Waals surface area contributed by atoms with E-state index in [0.29, 0.717) is 11.6 Å². The van der Waals surface area contributed by atoms with Crippen molar-refractivity contribution >= 4 is 11.6 Å². The fourth-order valence-electron chi connectivity index (χ4n) is 2.37. The van der Waals surface area contributed by atoms with Gasteiger partial charge in [0.2, 0.25) is 0 Å². The lowest BCUT2D eigenvalue weighted by Gasteiger charge is -2.22. The van der Waals surface area contributed by atoms with Crippen LogP contribution in [-0.2, 0) is 0 Å². The number of aliphatic hydroxyl groups excluding tert-OH is 1. The highest BCUT2D eigenvalue weighted by Gasteiger charge is 2.26. The topological polar surface area (TPSA) is 56.9 Å². The van der Waals surface area contributed by atoms with E-state index in [-0.39, 0.29) is 18.4 Å². The van der Waals surface area contributed by atoms with Crippen molar-refractivity contribution in [2.24, 2.45) is 0 Å². The highest BCUT2D eigenvalue weighted by molar-refractivity contribution is 6.30. The largest absolute Gasteiger partial charge is 0.396 e. The van der Waals surface area contributed by atoms with Crippen molar-refractivity contribution in [1.29, 1.82) is 5.26 Å². The minimum absolute atomic E-state index is 0.000896. The van der Waals surface area contributed by atoms with Crippen molar-refractivity contribution in [1.82, 2.24) is 4.98 Å². The molecular weight excluding hydrogens is 272 g/mol. The van der Waals surface area contributed by atoms with Crippen molar-refractivity contribution in [2.75, 3.05) is 6.61 Å². The fraction of sp³-hybridized carbons (Fsp3) is 0.250. The third-order valence-electron chi connectivity index (χ3n) is 3.33. The molecule has 0 aliphatic rings. The lowest BCUT2D eigenvalue weighted by molar-refractivity contribution is 0.272. The molecule has 0 bridgehead atoms. The number of nitrogens with zero attached hydrogens (tertiary/aromatic N) is 2. The Morgan fingerprint density at radius 3 is 2.55 bits per heavy atom. The van der Waals surface area contributed by atoms with Gasteiger partial charge in [-0.3, -0.25) is 0 Å². The first-order chi connectivity index (χ1) is 9.77. The van der Waals surface area contributed by atoms with E-state index in [2.05, 4.69) is 11.1 Å². The molecule has 1 heterocycles. The normalized spacial score (nSPS) is 13.4. The predicted molar refractivity (Wildman–Crippen MR) is 78.5 cm³/mol. The molecule has 1 aromatic heterocycles. The van der Waals surface area contributed by atoms with Gasteiger partial charge < -0.3 is 5.11 Å². The standard InChI is InChI=1S/C16H15ClN2O/c17-16-14(7-4-9-19-16)13(8-10-20)15(11-18)12-5-2-1-3-6-12/h1-7,9,13,15,20H,8,10H2/t13-,15-/m0/s1. The summed E-state index contributed by atoms with van der Waals surface area (Å²) in [6, 6.07) is 15.5. The summed E-state index contributed by atoms with van der Waals surface area (Å²) in [5.41, 5.74) is 1.73. The molecule has 1 N–H and O–H groups in total. The molecule has 20 heavy (non-hydrogen) atoms. The zero-order valence-electron chi connectivity index (χ0n) is 10.9. The Bertz CT molecular complexity index is 595. The summed E-state index contributed by atoms with van der Waals surface area (Å²) < 4.78 is 0. The molecular formula is C16H15ClN2O. The van der Waals surface area contributed by atoms with Gasteiger partial charge in [-0.1, -0.05) is 48.0 Å². The van der Waals surface area contributed by atoms with Gasteiger partial charge in [0.25, 0.3) is 0 Å². The van der Waals surface area contributed by atoms with E-state index in [9.17, 15) is 10.4 Å². The molecule has 0 saturated carbocycles. The SMILES string of the molecule is N#C[C@@H](c1ccccc1)[C@@H](CCO)c1cccnc1Cl. The van der Waals surface area contributed by atoms with Gasteiger partial charge in [0, 0.05) is 18.7 Å². The number of hydrogen-bond acceptors (Lipinski definition) is 3. The van der Waals surface area contributed by atoms with Gasteiger partial charge in [0.15, 0.2) is 0 Å². The average Bonchev–Trinajstić information content (AvgIpc) is 2.49. The molecule has 2 aromatic rings. The maximum absolute atomic E-state index is 9.53. The van der Waals surface area contributed by atoms with Crippen molar-refractivity contribution < 1.29 is 5.11 Å². The van der Waals surface area contributed by atoms with Crippen LogP contribution in [-0.4, -0.2) is 16.7 Å². The maximum Gasteiger partial charge on any atom is 0.132 e. The van der Waals surface area contributed by atoms with E-state index in [1.807, 2.05) is 36.4 Å². The molecule has 0 amide bonds. The number of nitriles is 1. The second kappa shape index (κ2) is 7.04. The number of aromatic nitrogens is 1. The fourth-order valence-corrected chi connectivity index (χ4v) is 2.63. The van der Waals surface area contributed by atoms with Gasteiger partial charge in [-0.2, -0.15) is 5.26 Å². The summed E-state index contributed by atoms with van der Waals surface area (Å²) in [6.45, 7) is 0.000896. The third-order valence-corrected chi connectivity index (χ3v) is 3.64. The number of halogens is 1. The van der Waals surface area contributed by atoms with Gasteiger partial charge in [-0.15, -0.1) is 0 Å². The molecule has 102 valence electrons. The molecule has 0 aliphatic carbocycles. The van der Waals surface area contributed by atoms with Crippen LogP contribution in [0.15, 0.2) is 48.7 Å². The van der Waals surface area contributed by atoms with E-state index in [1.165, 1.54) is 0 Å². The molecule has 2 atom stereocenters. The van der Waals surface area contributed by atoms with Crippen molar-refractivity contribution in [3.05, 3.63) is 64.9 Å². The molecule has 0 unspecified atom stereocenters. The predicted octanol–water partition coefficient (Wildman–Crippen LogP) is 3.51. The van der Waals surface area contributed by atoms with E-state index in [1.54, 1.807) is 12.3 Å². The highest BCUT2D eigenvalue weighted by Crippen LogP contribution is 2.37. The molecule has 0 radical (unpaired) electrons. The van der Waals surface area contributed by atoms with Gasteiger partial charge >= 0.3 is 0 Å². The monoisotopic (exact) mass is 286 g/mol. The van der Waals surface area contributed by atoms with Crippen LogP contribution in [0.1, 0.15) is 29.4 Å². The van der Waals surface area contributed by atoms with Gasteiger partial charge in [0.1, 0.15) is 5.15 Å². The van der Waals surface area contributed by atoms with E-state index >= 15 is 0 Å². The molecule has 0 fully saturated rings. The molecule has 4 heteroatoms. The van der Waals surface area contributed by atoms with E-state index in [0.717, 1.165) is 11.1 Å². The average molecular weight is 287 g/mol. The Morgan fingerprint density at radius 2 is 1.95 bits per heavy atom. The summed E-state index contributed by atoms with van der Waals surface area (Å²) in [5, 5.41) is 19.2. The summed E-state index contributed by atoms with van der Waals surface area (Å²) in [7, 11) is 0. The van der Waals surface area contributed by atoms with Crippen LogP contribution in [0.5, 0.6) is 0 Å². The third kappa shape index (κ3) is 3.16. The van der Waals surface area contributed by atoms with Gasteiger partial charge in [0.05, 0.1) is 12.0 Å². The first-order valence-electron chi connectivity index (χ1n) is 6.43. The Balaban J connectivity index is 2.42. The first kappa shape index (κ1) is 14.5. The maximum atomic E-state index is 9.53. The molecule has 0 spiro atoms. The Morgan fingerprint density at radius 1 is 1.20 bits per heavy atom. The Kier molecular flexibility index (Phi) is 5.11. The van der Waals surface area contributed by atoms with Gasteiger partial charge in [-0.05, 0) is 23.6 Å². The zero-order valence-corrected chi connectivity index (χ0v) is 11.7. The van der Waals surface area contributed by atoms with Crippen LogP contribution in [0.2, 0.25) is 5.15 Å². The molecule has 3 nitrogen and oxygen atoms in total. The summed E-state index contributed by atoms with van der Waals surface area (Å²) in [5.74, 6) is -0.529. The van der Waals surface area contributed by atoms with Crippen LogP contribution in [0.3, 0.4) is 0 Å². The van der Waals surface area contributed by atoms with Crippen LogP contribution >= 0.6 is 11.6 Å². The lowest BCUT2D eigenvalue weighted by atomic mass is 9.81. The molecule has 2 rings (SSSR count). The molecule has 1 aromatic carbocycles. The molecule has 0 saturated heterocycles. The zero-order chi connectivity index (χ0) is 14.4. The van der Waals surface area contributed by atoms with Crippen molar-refractivity contribution in [2.45, 2.75) is 18.3 Å². The number of pyridine rings is 1. The van der Waals surface area contributed by atoms with Crippen LogP contribution < -0.4 is 0 Å². The minimum Gasteiger partial charge on any atom is -0.396 e. The summed E-state index contributed by atoms with van der Waals surface area (Å²) in [4.78, 5) is 4.07. The van der Waals surface area contributed by atoms with E-state index in [4.69, 9.17) is 11.6 Å². The number of hydrogen-bond donors (Lipinski definition) is 1. The van der Waals surface area contributed by atoms with Crippen molar-refractivity contribution in [3.8, 4) is 6.07 Å². The molecule has 0 aliphatic heterocycles. The van der Waals surface area contributed by atoms with Crippen LogP contribution in [0.4, 0.5) is 0 Å². The second-order valence-electron chi connectivity index (χ2n) is 4.52. The first-order valence-corrected chi connectivity index (χ1v) is 6.81. The van der Waals surface area contributed by atoms with Gasteiger partial charge in [-0.25, -0.2) is 4.98 Å². The quantitative estimate of drug-likeness (QED) is 0.856. The second-order valence-corrected chi connectivity index (χ2v) is 4.88. The number of rotatable bonds is 5. The van der Waals surface area contributed by atoms with Crippen LogP contribution in [0.25, 0.3) is 0 Å². The number of benzene rings is 1. The number of aliphatic hydroxyl groups is 1. The van der Waals surface area contributed by atoms with E-state index < -0.39 is 0 Å².